The zero-order chi connectivity index (χ0) is 18.1. The lowest BCUT2D eigenvalue weighted by Crippen LogP contribution is -2.29. The number of methoxy groups -OCH3 is 1. The van der Waals surface area contributed by atoms with Crippen LogP contribution >= 0.6 is 0 Å². The van der Waals surface area contributed by atoms with Crippen LogP contribution in [0.4, 0.5) is 4.39 Å². The number of nitrogens with one attached hydrogen (secondary N) is 2. The van der Waals surface area contributed by atoms with E-state index in [-0.39, 0.29) is 17.8 Å². The number of benzene rings is 2. The quantitative estimate of drug-likeness (QED) is 0.733. The fourth-order valence-electron chi connectivity index (χ4n) is 2.48. The van der Waals surface area contributed by atoms with Gasteiger partial charge in [-0.1, -0.05) is 30.3 Å². The Morgan fingerprint density at radius 2 is 1.84 bits per heavy atom. The molecule has 2 rings (SSSR count). The first kappa shape index (κ1) is 18.9. The van der Waals surface area contributed by atoms with Crippen LogP contribution in [0.5, 0.6) is 5.75 Å². The third-order valence-corrected chi connectivity index (χ3v) is 4.04. The SMILES string of the molecule is COc1ccccc1CNC(=O)CCC(C)NCc1ccc(F)cc1. The second-order valence-corrected chi connectivity index (χ2v) is 6.04. The minimum atomic E-state index is -0.233. The normalized spacial score (nSPS) is 11.8. The van der Waals surface area contributed by atoms with Gasteiger partial charge in [0.15, 0.2) is 0 Å². The lowest BCUT2D eigenvalue weighted by atomic mass is 10.1. The minimum absolute atomic E-state index is 0.0151. The molecule has 5 heteroatoms. The molecule has 0 fully saturated rings. The van der Waals surface area contributed by atoms with Crippen molar-refractivity contribution in [3.63, 3.8) is 0 Å². The Kier molecular flexibility index (Phi) is 7.41. The van der Waals surface area contributed by atoms with E-state index < -0.39 is 0 Å². The van der Waals surface area contributed by atoms with Crippen molar-refractivity contribution in [2.45, 2.75) is 38.9 Å². The molecular weight excluding hydrogens is 319 g/mol. The van der Waals surface area contributed by atoms with E-state index >= 15 is 0 Å². The van der Waals surface area contributed by atoms with Crippen molar-refractivity contribution in [2.75, 3.05) is 7.11 Å². The van der Waals surface area contributed by atoms with Gasteiger partial charge in [0.05, 0.1) is 7.11 Å². The lowest BCUT2D eigenvalue weighted by Gasteiger charge is -2.14. The van der Waals surface area contributed by atoms with E-state index in [0.29, 0.717) is 19.5 Å². The molecule has 134 valence electrons. The molecule has 2 aromatic carbocycles. The zero-order valence-electron chi connectivity index (χ0n) is 14.7. The van der Waals surface area contributed by atoms with Gasteiger partial charge in [-0.2, -0.15) is 0 Å². The average Bonchev–Trinajstić information content (AvgIpc) is 2.64. The standard InChI is InChI=1S/C20H25FN2O2/c1-15(22-13-16-8-10-18(21)11-9-16)7-12-20(24)23-14-17-5-3-4-6-19(17)25-2/h3-6,8-11,15,22H,7,12-14H2,1-2H3,(H,23,24). The number of hydrogen-bond acceptors (Lipinski definition) is 3. The molecule has 0 radical (unpaired) electrons. The molecule has 0 heterocycles. The molecule has 2 aromatic rings. The summed E-state index contributed by atoms with van der Waals surface area (Å²) in [5.41, 5.74) is 1.98. The third-order valence-electron chi connectivity index (χ3n) is 4.04. The van der Waals surface area contributed by atoms with E-state index in [1.807, 2.05) is 31.2 Å². The third kappa shape index (κ3) is 6.55. The van der Waals surface area contributed by atoms with Crippen LogP contribution in [0.2, 0.25) is 0 Å². The van der Waals surface area contributed by atoms with Crippen molar-refractivity contribution in [2.24, 2.45) is 0 Å². The van der Waals surface area contributed by atoms with Gasteiger partial charge in [0.1, 0.15) is 11.6 Å². The molecular formula is C20H25FN2O2. The summed E-state index contributed by atoms with van der Waals surface area (Å²) in [5.74, 6) is 0.557. The Balaban J connectivity index is 1.67. The van der Waals surface area contributed by atoms with Crippen LogP contribution < -0.4 is 15.4 Å². The highest BCUT2D eigenvalue weighted by atomic mass is 19.1. The number of hydrogen-bond donors (Lipinski definition) is 2. The molecule has 1 unspecified atom stereocenters. The highest BCUT2D eigenvalue weighted by Gasteiger charge is 2.08. The molecule has 0 spiro atoms. The van der Waals surface area contributed by atoms with E-state index in [1.165, 1.54) is 12.1 Å². The summed E-state index contributed by atoms with van der Waals surface area (Å²) in [6, 6.07) is 14.3. The molecule has 0 saturated carbocycles. The molecule has 2 N–H and O–H groups in total. The smallest absolute Gasteiger partial charge is 0.220 e. The van der Waals surface area contributed by atoms with Crippen LogP contribution in [0.25, 0.3) is 0 Å². The van der Waals surface area contributed by atoms with Gasteiger partial charge in [0.25, 0.3) is 0 Å². The Morgan fingerprint density at radius 1 is 1.12 bits per heavy atom. The number of halogens is 1. The van der Waals surface area contributed by atoms with Gasteiger partial charge in [-0.25, -0.2) is 4.39 Å². The van der Waals surface area contributed by atoms with Crippen LogP contribution in [0, 0.1) is 5.82 Å². The Morgan fingerprint density at radius 3 is 2.56 bits per heavy atom. The Labute approximate surface area is 148 Å². The molecule has 0 aromatic heterocycles. The summed E-state index contributed by atoms with van der Waals surface area (Å²) in [5, 5.41) is 6.26. The molecule has 0 aliphatic carbocycles. The summed E-state index contributed by atoms with van der Waals surface area (Å²) in [6.45, 7) is 3.15. The van der Waals surface area contributed by atoms with Gasteiger partial charge in [-0.3, -0.25) is 4.79 Å². The highest BCUT2D eigenvalue weighted by molar-refractivity contribution is 5.75. The van der Waals surface area contributed by atoms with Crippen LogP contribution in [-0.4, -0.2) is 19.1 Å². The molecule has 1 atom stereocenters. The summed E-state index contributed by atoms with van der Waals surface area (Å²) in [6.07, 6.45) is 1.19. The maximum atomic E-state index is 12.9. The van der Waals surface area contributed by atoms with Crippen molar-refractivity contribution in [3.8, 4) is 5.75 Å². The second kappa shape index (κ2) is 9.79. The molecule has 0 bridgehead atoms. The minimum Gasteiger partial charge on any atom is -0.496 e. The zero-order valence-corrected chi connectivity index (χ0v) is 14.7. The van der Waals surface area contributed by atoms with E-state index in [2.05, 4.69) is 10.6 Å². The van der Waals surface area contributed by atoms with Crippen LogP contribution in [0.1, 0.15) is 30.9 Å². The van der Waals surface area contributed by atoms with E-state index in [0.717, 1.165) is 23.3 Å². The average molecular weight is 344 g/mol. The fraction of sp³-hybridized carbons (Fsp3) is 0.350. The van der Waals surface area contributed by atoms with E-state index in [9.17, 15) is 9.18 Å². The van der Waals surface area contributed by atoms with Crippen LogP contribution in [0.3, 0.4) is 0 Å². The fourth-order valence-corrected chi connectivity index (χ4v) is 2.48. The van der Waals surface area contributed by atoms with Crippen molar-refractivity contribution < 1.29 is 13.9 Å². The Bertz CT molecular complexity index is 674. The highest BCUT2D eigenvalue weighted by Crippen LogP contribution is 2.16. The molecule has 1 amide bonds. The van der Waals surface area contributed by atoms with Gasteiger partial charge in [-0.15, -0.1) is 0 Å². The first-order chi connectivity index (χ1) is 12.1. The number of rotatable bonds is 9. The maximum Gasteiger partial charge on any atom is 0.220 e. The number of ether oxygens (including phenoxy) is 1. The summed E-state index contributed by atoms with van der Waals surface area (Å²) >= 11 is 0. The number of amides is 1. The monoisotopic (exact) mass is 344 g/mol. The van der Waals surface area contributed by atoms with Gasteiger partial charge < -0.3 is 15.4 Å². The molecule has 0 aliphatic rings. The van der Waals surface area contributed by atoms with Gasteiger partial charge in [0, 0.05) is 31.1 Å². The summed E-state index contributed by atoms with van der Waals surface area (Å²) in [7, 11) is 1.62. The van der Waals surface area contributed by atoms with Crippen molar-refractivity contribution in [1.82, 2.24) is 10.6 Å². The maximum absolute atomic E-state index is 12.9. The van der Waals surface area contributed by atoms with Gasteiger partial charge >= 0.3 is 0 Å². The van der Waals surface area contributed by atoms with Gasteiger partial charge in [0.2, 0.25) is 5.91 Å². The molecule has 0 aliphatic heterocycles. The molecule has 25 heavy (non-hydrogen) atoms. The first-order valence-electron chi connectivity index (χ1n) is 8.45. The van der Waals surface area contributed by atoms with Gasteiger partial charge in [-0.05, 0) is 37.1 Å². The second-order valence-electron chi connectivity index (χ2n) is 6.04. The topological polar surface area (TPSA) is 50.4 Å². The molecule has 0 saturated heterocycles. The summed E-state index contributed by atoms with van der Waals surface area (Å²) in [4.78, 5) is 12.0. The predicted molar refractivity (Wildman–Crippen MR) is 96.8 cm³/mol. The number of para-hydroxylation sites is 1. The van der Waals surface area contributed by atoms with E-state index in [4.69, 9.17) is 4.74 Å². The van der Waals surface area contributed by atoms with Crippen molar-refractivity contribution in [1.29, 1.82) is 0 Å². The summed E-state index contributed by atoms with van der Waals surface area (Å²) < 4.78 is 18.1. The molecule has 4 nitrogen and oxygen atoms in total. The predicted octanol–water partition coefficient (Wildman–Crippen LogP) is 3.41. The van der Waals surface area contributed by atoms with Crippen LogP contribution in [0.15, 0.2) is 48.5 Å². The van der Waals surface area contributed by atoms with Crippen LogP contribution in [-0.2, 0) is 17.9 Å². The number of carbonyl (C=O) groups is 1. The van der Waals surface area contributed by atoms with E-state index in [1.54, 1.807) is 19.2 Å². The van der Waals surface area contributed by atoms with Crippen molar-refractivity contribution >= 4 is 5.91 Å². The Hall–Kier alpha value is -2.40. The largest absolute Gasteiger partial charge is 0.496 e. The lowest BCUT2D eigenvalue weighted by molar-refractivity contribution is -0.121. The van der Waals surface area contributed by atoms with Crippen molar-refractivity contribution in [3.05, 3.63) is 65.5 Å². The first-order valence-corrected chi connectivity index (χ1v) is 8.45. The number of carbonyl (C=O) groups excluding carboxylic acids is 1.